The molecule has 0 fully saturated rings. The number of anilines is 1. The molecule has 0 bridgehead atoms. The third kappa shape index (κ3) is 12.7. The summed E-state index contributed by atoms with van der Waals surface area (Å²) in [4.78, 5) is 1.25. The van der Waals surface area contributed by atoms with Gasteiger partial charge in [-0.15, -0.1) is 0 Å². The van der Waals surface area contributed by atoms with Crippen LogP contribution in [0.25, 0.3) is 0 Å². The van der Waals surface area contributed by atoms with Gasteiger partial charge in [-0.3, -0.25) is 0 Å². The highest BCUT2D eigenvalue weighted by atomic mass is 19.4. The van der Waals surface area contributed by atoms with E-state index in [0.29, 0.717) is 52.1 Å². The fourth-order valence-corrected chi connectivity index (χ4v) is 4.98. The van der Waals surface area contributed by atoms with Gasteiger partial charge in [-0.25, -0.2) is 0 Å². The Morgan fingerprint density at radius 3 is 1.29 bits per heavy atom. The van der Waals surface area contributed by atoms with Crippen molar-refractivity contribution in [3.63, 3.8) is 0 Å². The number of nitrogens with zero attached hydrogens (tertiary/aromatic N) is 7. The van der Waals surface area contributed by atoms with Gasteiger partial charge in [0, 0.05) is 12.2 Å². The largest absolute Gasteiger partial charge is 0.494 e. The lowest BCUT2D eigenvalue weighted by molar-refractivity contribution is -0.119. The van der Waals surface area contributed by atoms with Crippen LogP contribution in [0.3, 0.4) is 0 Å². The van der Waals surface area contributed by atoms with Crippen molar-refractivity contribution in [1.29, 1.82) is 0 Å². The number of rotatable bonds is 14. The highest BCUT2D eigenvalue weighted by Gasteiger charge is 2.30. The first kappa shape index (κ1) is 35.9. The third-order valence-corrected chi connectivity index (χ3v) is 7.19. The fraction of sp³-hybridized carbons (Fsp3) is 0.351. The molecule has 1 unspecified atom stereocenters. The molecule has 0 radical (unpaired) electrons. The molecule has 1 atom stereocenters. The highest BCUT2D eigenvalue weighted by molar-refractivity contribution is 5.54. The van der Waals surface area contributed by atoms with E-state index in [4.69, 9.17) is 4.74 Å². The van der Waals surface area contributed by atoms with Crippen LogP contribution in [0.1, 0.15) is 47.5 Å². The Labute approximate surface area is 280 Å². The number of azo groups is 3. The maximum absolute atomic E-state index is 12.8. The smallest absolute Gasteiger partial charge is 0.405 e. The standard InChI is InChI=1S/C37H42F3N7O/c1-6-47(26-37(38,39)40)34-19-15-32(16-20-34)45-43-30-11-7-28(8-12-30)41-42-29-9-13-31(14-10-29)44-46-33-17-21-35(22-18-33)48-24-23-27(2)25-36(3,4)5/h7-22,27H,6,23-26H2,1-5H3. The van der Waals surface area contributed by atoms with Crippen LogP contribution in [0.4, 0.5) is 53.0 Å². The first-order valence-corrected chi connectivity index (χ1v) is 16.0. The first-order chi connectivity index (χ1) is 22.8. The average molecular weight is 658 g/mol. The summed E-state index contributed by atoms with van der Waals surface area (Å²) in [7, 11) is 0. The first-order valence-electron chi connectivity index (χ1n) is 16.0. The zero-order chi connectivity index (χ0) is 34.6. The van der Waals surface area contributed by atoms with Crippen molar-refractivity contribution >= 4 is 39.8 Å². The van der Waals surface area contributed by atoms with Crippen LogP contribution in [0.2, 0.25) is 0 Å². The number of ether oxygens (including phenoxy) is 1. The molecule has 0 amide bonds. The highest BCUT2D eigenvalue weighted by Crippen LogP contribution is 2.29. The predicted molar refractivity (Wildman–Crippen MR) is 186 cm³/mol. The molecule has 8 nitrogen and oxygen atoms in total. The second-order valence-electron chi connectivity index (χ2n) is 12.8. The molecule has 11 heteroatoms. The Bertz CT molecular complexity index is 1640. The van der Waals surface area contributed by atoms with Crippen molar-refractivity contribution in [2.24, 2.45) is 42.0 Å². The van der Waals surface area contributed by atoms with E-state index in [0.717, 1.165) is 17.9 Å². The van der Waals surface area contributed by atoms with Crippen LogP contribution < -0.4 is 9.64 Å². The van der Waals surface area contributed by atoms with Crippen molar-refractivity contribution in [3.05, 3.63) is 97.1 Å². The summed E-state index contributed by atoms with van der Waals surface area (Å²) >= 11 is 0. The predicted octanol–water partition coefficient (Wildman–Crippen LogP) is 13.2. The normalized spacial score (nSPS) is 13.1. The Balaban J connectivity index is 1.24. The van der Waals surface area contributed by atoms with Gasteiger partial charge < -0.3 is 9.64 Å². The second-order valence-corrected chi connectivity index (χ2v) is 12.8. The van der Waals surface area contributed by atoms with Crippen molar-refractivity contribution < 1.29 is 17.9 Å². The maximum atomic E-state index is 12.8. The van der Waals surface area contributed by atoms with Gasteiger partial charge in [0.2, 0.25) is 0 Å². The van der Waals surface area contributed by atoms with Crippen LogP contribution in [0.15, 0.2) is 128 Å². The molecule has 48 heavy (non-hydrogen) atoms. The van der Waals surface area contributed by atoms with E-state index in [-0.39, 0.29) is 6.54 Å². The van der Waals surface area contributed by atoms with Crippen LogP contribution in [-0.2, 0) is 0 Å². The quantitative estimate of drug-likeness (QED) is 0.126. The van der Waals surface area contributed by atoms with E-state index in [1.807, 2.05) is 48.5 Å². The lowest BCUT2D eigenvalue weighted by Crippen LogP contribution is -2.33. The van der Waals surface area contributed by atoms with Crippen LogP contribution in [0, 0.1) is 11.3 Å². The topological polar surface area (TPSA) is 86.6 Å². The summed E-state index contributed by atoms with van der Waals surface area (Å²) in [5.41, 5.74) is 4.66. The summed E-state index contributed by atoms with van der Waals surface area (Å²) in [5.74, 6) is 1.43. The summed E-state index contributed by atoms with van der Waals surface area (Å²) < 4.78 is 44.3. The third-order valence-electron chi connectivity index (χ3n) is 7.19. The van der Waals surface area contributed by atoms with Crippen molar-refractivity contribution in [1.82, 2.24) is 0 Å². The van der Waals surface area contributed by atoms with E-state index in [9.17, 15) is 13.2 Å². The molecule has 0 spiro atoms. The Hall–Kier alpha value is -4.93. The van der Waals surface area contributed by atoms with E-state index in [2.05, 4.69) is 58.4 Å². The minimum Gasteiger partial charge on any atom is -0.494 e. The van der Waals surface area contributed by atoms with Gasteiger partial charge in [0.1, 0.15) is 12.3 Å². The number of halogens is 3. The average Bonchev–Trinajstić information content (AvgIpc) is 3.05. The van der Waals surface area contributed by atoms with Gasteiger partial charge in [0.15, 0.2) is 0 Å². The lowest BCUT2D eigenvalue weighted by atomic mass is 9.84. The summed E-state index contributed by atoms with van der Waals surface area (Å²) in [6.45, 7) is 10.7. The number of hydrogen-bond acceptors (Lipinski definition) is 8. The van der Waals surface area contributed by atoms with Gasteiger partial charge in [0.05, 0.1) is 40.7 Å². The van der Waals surface area contributed by atoms with E-state index < -0.39 is 12.7 Å². The maximum Gasteiger partial charge on any atom is 0.405 e. The van der Waals surface area contributed by atoms with Crippen LogP contribution in [0.5, 0.6) is 5.75 Å². The minimum atomic E-state index is -4.27. The second kappa shape index (κ2) is 16.8. The molecular formula is C37H42F3N7O. The van der Waals surface area contributed by atoms with E-state index >= 15 is 0 Å². The molecule has 4 rings (SSSR count). The summed E-state index contributed by atoms with van der Waals surface area (Å²) in [5, 5.41) is 25.6. The lowest BCUT2D eigenvalue weighted by Gasteiger charge is -2.24. The number of benzene rings is 4. The molecule has 0 N–H and O–H groups in total. The van der Waals surface area contributed by atoms with Gasteiger partial charge >= 0.3 is 6.18 Å². The Morgan fingerprint density at radius 2 is 0.958 bits per heavy atom. The number of alkyl halides is 3. The van der Waals surface area contributed by atoms with Crippen molar-refractivity contribution in [2.45, 2.75) is 53.6 Å². The zero-order valence-corrected chi connectivity index (χ0v) is 28.0. The molecule has 4 aromatic carbocycles. The molecule has 0 heterocycles. The van der Waals surface area contributed by atoms with Crippen molar-refractivity contribution in [3.8, 4) is 5.75 Å². The van der Waals surface area contributed by atoms with E-state index in [1.54, 1.807) is 55.5 Å². The molecule has 0 aliphatic rings. The Kier molecular flexibility index (Phi) is 12.5. The minimum absolute atomic E-state index is 0.242. The zero-order valence-electron chi connectivity index (χ0n) is 28.0. The van der Waals surface area contributed by atoms with Crippen LogP contribution >= 0.6 is 0 Å². The van der Waals surface area contributed by atoms with Crippen LogP contribution in [-0.4, -0.2) is 25.9 Å². The van der Waals surface area contributed by atoms with Gasteiger partial charge in [-0.1, -0.05) is 27.7 Å². The molecule has 0 aliphatic heterocycles. The Morgan fingerprint density at radius 1 is 0.604 bits per heavy atom. The molecular weight excluding hydrogens is 615 g/mol. The SMILES string of the molecule is CCN(CC(F)(F)F)c1ccc(N=Nc2ccc(N=Nc3ccc(N=Nc4ccc(OCCC(C)CC(C)(C)C)cc4)cc3)cc2)cc1. The molecule has 0 saturated carbocycles. The molecule has 4 aromatic rings. The van der Waals surface area contributed by atoms with Gasteiger partial charge in [0.25, 0.3) is 0 Å². The fourth-order valence-electron chi connectivity index (χ4n) is 4.98. The number of hydrogen-bond donors (Lipinski definition) is 0. The molecule has 0 aromatic heterocycles. The summed E-state index contributed by atoms with van der Waals surface area (Å²) in [6, 6.07) is 28.4. The van der Waals surface area contributed by atoms with Gasteiger partial charge in [-0.2, -0.15) is 43.9 Å². The monoisotopic (exact) mass is 657 g/mol. The summed E-state index contributed by atoms with van der Waals surface area (Å²) in [6.07, 6.45) is -2.08. The van der Waals surface area contributed by atoms with Crippen molar-refractivity contribution in [2.75, 3.05) is 24.6 Å². The van der Waals surface area contributed by atoms with Gasteiger partial charge in [-0.05, 0) is 128 Å². The van der Waals surface area contributed by atoms with E-state index in [1.165, 1.54) is 11.3 Å². The molecule has 252 valence electrons. The molecule has 0 saturated heterocycles. The molecule has 0 aliphatic carbocycles.